The van der Waals surface area contributed by atoms with Gasteiger partial charge < -0.3 is 10.2 Å². The lowest BCUT2D eigenvalue weighted by Gasteiger charge is -2.54. The zero-order valence-corrected chi connectivity index (χ0v) is 19.7. The van der Waals surface area contributed by atoms with Gasteiger partial charge in [-0.15, -0.1) is 0 Å². The SMILES string of the molecule is CCCCCCCCCCCCCCCCCCC(=O)C(O)(O)C(=O)C12OP(=O)(O1)O2. The molecule has 0 atom stereocenters. The maximum absolute atomic E-state index is 12.0. The minimum Gasteiger partial charge on any atom is -0.354 e. The molecule has 2 N–H and O–H groups in total. The minimum atomic E-state index is -3.65. The maximum atomic E-state index is 12.0. The van der Waals surface area contributed by atoms with Gasteiger partial charge in [0.15, 0.2) is 5.78 Å². The van der Waals surface area contributed by atoms with Crippen LogP contribution in [-0.4, -0.2) is 33.5 Å². The molecule has 0 aromatic heterocycles. The molecule has 3 aliphatic heterocycles. The van der Waals surface area contributed by atoms with Crippen LogP contribution in [0, 0.1) is 0 Å². The van der Waals surface area contributed by atoms with Gasteiger partial charge in [-0.1, -0.05) is 103 Å². The van der Waals surface area contributed by atoms with Gasteiger partial charge in [-0.25, -0.2) is 18.1 Å². The second kappa shape index (κ2) is 12.6. The Labute approximate surface area is 185 Å². The second-order valence-corrected chi connectivity index (χ2v) is 10.2. The maximum Gasteiger partial charge on any atom is 0.489 e. The largest absolute Gasteiger partial charge is 0.489 e. The highest BCUT2D eigenvalue weighted by atomic mass is 31.2. The molecule has 0 saturated carbocycles. The van der Waals surface area contributed by atoms with E-state index >= 15 is 0 Å². The highest BCUT2D eigenvalue weighted by Gasteiger charge is 2.82. The Balaban J connectivity index is 1.38. The summed E-state index contributed by atoms with van der Waals surface area (Å²) < 4.78 is 24.7. The highest BCUT2D eigenvalue weighted by Crippen LogP contribution is 2.80. The molecule has 3 fully saturated rings. The first kappa shape index (κ1) is 26.6. The van der Waals surface area contributed by atoms with Gasteiger partial charge in [0.1, 0.15) is 0 Å². The third-order valence-corrected chi connectivity index (χ3v) is 7.33. The summed E-state index contributed by atoms with van der Waals surface area (Å²) in [6.45, 7) is 2.25. The molecule has 0 spiro atoms. The molecule has 3 rings (SSSR count). The average molecular weight is 463 g/mol. The predicted molar refractivity (Wildman–Crippen MR) is 115 cm³/mol. The van der Waals surface area contributed by atoms with Crippen LogP contribution in [0.3, 0.4) is 0 Å². The summed E-state index contributed by atoms with van der Waals surface area (Å²) in [5.74, 6) is -8.18. The molecule has 0 amide bonds. The number of rotatable bonds is 20. The van der Waals surface area contributed by atoms with E-state index in [1.165, 1.54) is 77.0 Å². The topological polar surface area (TPSA) is 119 Å². The summed E-state index contributed by atoms with van der Waals surface area (Å²) in [6, 6.07) is 0. The molecule has 2 bridgehead atoms. The van der Waals surface area contributed by atoms with Gasteiger partial charge in [-0.2, -0.15) is 0 Å². The summed E-state index contributed by atoms with van der Waals surface area (Å²) in [4.78, 5) is 23.9. The Kier molecular flexibility index (Phi) is 10.8. The van der Waals surface area contributed by atoms with Crippen LogP contribution in [0.25, 0.3) is 0 Å². The first-order valence-electron chi connectivity index (χ1n) is 12.0. The van der Waals surface area contributed by atoms with Crippen molar-refractivity contribution in [3.05, 3.63) is 0 Å². The van der Waals surface area contributed by atoms with E-state index in [-0.39, 0.29) is 6.42 Å². The number of ketones is 2. The number of phosphoric acid groups is 1. The normalized spacial score (nSPS) is 24.5. The van der Waals surface area contributed by atoms with Gasteiger partial charge in [-0.05, 0) is 6.42 Å². The molecule has 180 valence electrons. The summed E-state index contributed by atoms with van der Waals surface area (Å²) in [6.07, 6.45) is 19.0. The van der Waals surface area contributed by atoms with Gasteiger partial charge in [0.25, 0.3) is 11.6 Å². The number of Topliss-reactive ketones (excluding diaryl/α,β-unsaturated/α-hetero) is 2. The van der Waals surface area contributed by atoms with Crippen LogP contribution in [0.4, 0.5) is 0 Å². The lowest BCUT2D eigenvalue weighted by Crippen LogP contribution is -2.69. The molecule has 0 radical (unpaired) electrons. The predicted octanol–water partition coefficient (Wildman–Crippen LogP) is 5.30. The van der Waals surface area contributed by atoms with Gasteiger partial charge in [-0.3, -0.25) is 9.59 Å². The lowest BCUT2D eigenvalue weighted by molar-refractivity contribution is -0.405. The zero-order chi connectivity index (χ0) is 22.8. The third kappa shape index (κ3) is 7.72. The Morgan fingerprint density at radius 3 is 1.42 bits per heavy atom. The fourth-order valence-corrected chi connectivity index (χ4v) is 5.11. The van der Waals surface area contributed by atoms with E-state index in [1.807, 2.05) is 0 Å². The summed E-state index contributed by atoms with van der Waals surface area (Å²) in [5.41, 5.74) is 0. The fourth-order valence-electron chi connectivity index (χ4n) is 3.93. The van der Waals surface area contributed by atoms with Crippen molar-refractivity contribution in [3.8, 4) is 0 Å². The molecule has 0 aromatic carbocycles. The zero-order valence-electron chi connectivity index (χ0n) is 18.8. The number of aliphatic hydroxyl groups is 2. The summed E-state index contributed by atoms with van der Waals surface area (Å²) in [5, 5.41) is 19.6. The van der Waals surface area contributed by atoms with Crippen LogP contribution in [-0.2, 0) is 27.7 Å². The Hall–Kier alpha value is -0.630. The van der Waals surface area contributed by atoms with Crippen molar-refractivity contribution in [2.45, 2.75) is 128 Å². The van der Waals surface area contributed by atoms with Crippen LogP contribution < -0.4 is 0 Å². The summed E-state index contributed by atoms with van der Waals surface area (Å²) >= 11 is 0. The van der Waals surface area contributed by atoms with Gasteiger partial charge >= 0.3 is 13.8 Å². The molecule has 3 saturated heterocycles. The molecule has 31 heavy (non-hydrogen) atoms. The molecular formula is C22H39O8P. The molecule has 3 heterocycles. The van der Waals surface area contributed by atoms with Crippen LogP contribution in [0.15, 0.2) is 0 Å². The van der Waals surface area contributed by atoms with E-state index < -0.39 is 31.1 Å². The third-order valence-electron chi connectivity index (χ3n) is 5.94. The first-order chi connectivity index (χ1) is 14.8. The number of hydrogen-bond donors (Lipinski definition) is 2. The number of phosphoric ester groups is 1. The van der Waals surface area contributed by atoms with Crippen LogP contribution >= 0.6 is 7.82 Å². The average Bonchev–Trinajstić information content (AvgIpc) is 2.69. The Morgan fingerprint density at radius 2 is 1.06 bits per heavy atom. The molecule has 9 heteroatoms. The van der Waals surface area contributed by atoms with Crippen LogP contribution in [0.5, 0.6) is 0 Å². The van der Waals surface area contributed by atoms with Gasteiger partial charge in [0, 0.05) is 6.42 Å². The van der Waals surface area contributed by atoms with E-state index in [0.717, 1.165) is 19.3 Å². The van der Waals surface area contributed by atoms with Gasteiger partial charge in [0.2, 0.25) is 0 Å². The number of carbonyl (C=O) groups excluding carboxylic acids is 2. The van der Waals surface area contributed by atoms with Crippen LogP contribution in [0.1, 0.15) is 116 Å². The van der Waals surface area contributed by atoms with Crippen molar-refractivity contribution in [3.63, 3.8) is 0 Å². The molecule has 0 aromatic rings. The number of carbonyl (C=O) groups is 2. The smallest absolute Gasteiger partial charge is 0.354 e. The van der Waals surface area contributed by atoms with E-state index in [2.05, 4.69) is 20.5 Å². The van der Waals surface area contributed by atoms with Gasteiger partial charge in [0.05, 0.1) is 0 Å². The van der Waals surface area contributed by atoms with E-state index in [4.69, 9.17) is 0 Å². The molecule has 3 aliphatic rings. The van der Waals surface area contributed by atoms with Crippen LogP contribution in [0.2, 0.25) is 0 Å². The number of unbranched alkanes of at least 4 members (excludes halogenated alkanes) is 15. The Morgan fingerprint density at radius 1 is 0.710 bits per heavy atom. The van der Waals surface area contributed by atoms with E-state index in [0.29, 0.717) is 6.42 Å². The fraction of sp³-hybridized carbons (Fsp3) is 0.909. The molecular weight excluding hydrogens is 423 g/mol. The van der Waals surface area contributed by atoms with Crippen molar-refractivity contribution in [1.82, 2.24) is 0 Å². The monoisotopic (exact) mass is 462 g/mol. The van der Waals surface area contributed by atoms with Crippen molar-refractivity contribution >= 4 is 19.4 Å². The summed E-state index contributed by atoms with van der Waals surface area (Å²) in [7, 11) is -3.65. The molecule has 0 aliphatic carbocycles. The standard InChI is InChI=1S/C22H39O8P/c1-2-3-4-5-6-7-8-9-10-11-12-13-14-15-16-17-18-19(23)21(25,26)20(24)22-28-31(27,29-22)30-22/h25-26H,2-18H2,1H3. The molecule has 0 unspecified atom stereocenters. The van der Waals surface area contributed by atoms with E-state index in [9.17, 15) is 24.4 Å². The number of hydrogen-bond acceptors (Lipinski definition) is 8. The quantitative estimate of drug-likeness (QED) is 0.108. The van der Waals surface area contributed by atoms with Crippen molar-refractivity contribution in [1.29, 1.82) is 0 Å². The van der Waals surface area contributed by atoms with E-state index in [1.54, 1.807) is 0 Å². The minimum absolute atomic E-state index is 0.148. The highest BCUT2D eigenvalue weighted by molar-refractivity contribution is 7.52. The van der Waals surface area contributed by atoms with Crippen molar-refractivity contribution in [2.24, 2.45) is 0 Å². The first-order valence-corrected chi connectivity index (χ1v) is 13.5. The second-order valence-electron chi connectivity index (χ2n) is 8.76. The molecule has 8 nitrogen and oxygen atoms in total. The Bertz CT molecular complexity index is 606. The lowest BCUT2D eigenvalue weighted by atomic mass is 9.99. The van der Waals surface area contributed by atoms with Crippen molar-refractivity contribution in [2.75, 3.05) is 0 Å². The van der Waals surface area contributed by atoms with Crippen molar-refractivity contribution < 1.29 is 37.9 Å².